The molecule has 0 aromatic heterocycles. The zero-order valence-electron chi connectivity index (χ0n) is 17.9. The largest absolute Gasteiger partial charge is 0.356 e. The maximum atomic E-state index is 11.9. The average Bonchev–Trinajstić information content (AvgIpc) is 3.13. The molecular formula is C21H34IN5O2. The quantitative estimate of drug-likeness (QED) is 0.317. The van der Waals surface area contributed by atoms with Crippen LogP contribution < -0.4 is 10.6 Å². The number of aliphatic imine (C=N–C) groups is 1. The lowest BCUT2D eigenvalue weighted by Crippen LogP contribution is -2.41. The number of carbonyl (C=O) groups excluding carboxylic acids is 2. The third-order valence-electron chi connectivity index (χ3n) is 5.08. The number of carbonyl (C=O) groups is 2. The minimum atomic E-state index is -0.000974. The van der Waals surface area contributed by atoms with Crippen molar-refractivity contribution in [2.24, 2.45) is 4.99 Å². The molecule has 0 aliphatic carbocycles. The summed E-state index contributed by atoms with van der Waals surface area (Å²) in [4.78, 5) is 31.7. The summed E-state index contributed by atoms with van der Waals surface area (Å²) in [5, 5.41) is 6.62. The Bertz CT molecular complexity index is 691. The van der Waals surface area contributed by atoms with E-state index in [9.17, 15) is 9.59 Å². The lowest BCUT2D eigenvalue weighted by Gasteiger charge is -2.27. The van der Waals surface area contributed by atoms with E-state index in [1.165, 1.54) is 0 Å². The Morgan fingerprint density at radius 3 is 2.45 bits per heavy atom. The summed E-state index contributed by atoms with van der Waals surface area (Å²) in [7, 11) is 5.24. The summed E-state index contributed by atoms with van der Waals surface area (Å²) in [5.74, 6) is 1.01. The summed E-state index contributed by atoms with van der Waals surface area (Å²) in [5.41, 5.74) is 1.76. The minimum absolute atomic E-state index is 0. The van der Waals surface area contributed by atoms with Crippen molar-refractivity contribution in [2.45, 2.75) is 45.2 Å². The fourth-order valence-corrected chi connectivity index (χ4v) is 3.42. The molecule has 29 heavy (non-hydrogen) atoms. The van der Waals surface area contributed by atoms with Gasteiger partial charge in [-0.2, -0.15) is 0 Å². The van der Waals surface area contributed by atoms with Gasteiger partial charge in [-0.05, 0) is 37.0 Å². The molecule has 1 aliphatic heterocycles. The first-order valence-electron chi connectivity index (χ1n) is 10.0. The van der Waals surface area contributed by atoms with Crippen LogP contribution in [0.5, 0.6) is 0 Å². The highest BCUT2D eigenvalue weighted by Gasteiger charge is 2.26. The van der Waals surface area contributed by atoms with E-state index in [0.717, 1.165) is 43.9 Å². The second-order valence-electron chi connectivity index (χ2n) is 7.29. The molecule has 1 aromatic rings. The van der Waals surface area contributed by atoms with Crippen LogP contribution in [0.25, 0.3) is 0 Å². The Morgan fingerprint density at radius 1 is 1.24 bits per heavy atom. The van der Waals surface area contributed by atoms with Crippen molar-refractivity contribution in [3.05, 3.63) is 35.4 Å². The summed E-state index contributed by atoms with van der Waals surface area (Å²) in [6.07, 6.45) is 3.54. The van der Waals surface area contributed by atoms with Crippen molar-refractivity contribution >= 4 is 41.8 Å². The molecular weight excluding hydrogens is 481 g/mol. The normalized spacial score (nSPS) is 15.0. The summed E-state index contributed by atoms with van der Waals surface area (Å²) < 4.78 is 0. The number of halogens is 1. The van der Waals surface area contributed by atoms with Crippen LogP contribution >= 0.6 is 24.0 Å². The van der Waals surface area contributed by atoms with E-state index in [4.69, 9.17) is 0 Å². The van der Waals surface area contributed by atoms with Crippen LogP contribution in [0.2, 0.25) is 0 Å². The third-order valence-corrected chi connectivity index (χ3v) is 5.08. The molecule has 8 heteroatoms. The predicted octanol–water partition coefficient (Wildman–Crippen LogP) is 2.46. The molecule has 1 heterocycles. The van der Waals surface area contributed by atoms with Gasteiger partial charge >= 0.3 is 0 Å². The number of amides is 2. The fourth-order valence-electron chi connectivity index (χ4n) is 3.42. The van der Waals surface area contributed by atoms with Crippen LogP contribution in [-0.4, -0.2) is 67.8 Å². The van der Waals surface area contributed by atoms with Gasteiger partial charge in [0.2, 0.25) is 5.91 Å². The Balaban J connectivity index is 0.00000420. The maximum Gasteiger partial charge on any atom is 0.253 e. The number of nitrogens with one attached hydrogen (secondary N) is 2. The van der Waals surface area contributed by atoms with Gasteiger partial charge in [0, 0.05) is 58.8 Å². The number of rotatable bonds is 8. The van der Waals surface area contributed by atoms with Crippen LogP contribution in [-0.2, 0) is 11.3 Å². The van der Waals surface area contributed by atoms with Gasteiger partial charge in [0.05, 0.1) is 0 Å². The lowest BCUT2D eigenvalue weighted by atomic mass is 10.1. The third kappa shape index (κ3) is 7.49. The van der Waals surface area contributed by atoms with E-state index in [-0.39, 0.29) is 35.8 Å². The van der Waals surface area contributed by atoms with Crippen LogP contribution in [0, 0.1) is 0 Å². The van der Waals surface area contributed by atoms with Crippen LogP contribution in [0.15, 0.2) is 29.3 Å². The van der Waals surface area contributed by atoms with Crippen molar-refractivity contribution in [1.82, 2.24) is 20.4 Å². The number of benzene rings is 1. The van der Waals surface area contributed by atoms with Crippen LogP contribution in [0.1, 0.15) is 48.5 Å². The highest BCUT2D eigenvalue weighted by Crippen LogP contribution is 2.17. The van der Waals surface area contributed by atoms with E-state index in [2.05, 4.69) is 22.5 Å². The van der Waals surface area contributed by atoms with E-state index >= 15 is 0 Å². The van der Waals surface area contributed by atoms with Crippen molar-refractivity contribution in [2.75, 3.05) is 34.2 Å². The molecule has 1 fully saturated rings. The number of hydrogen-bond donors (Lipinski definition) is 2. The van der Waals surface area contributed by atoms with E-state index in [0.29, 0.717) is 24.6 Å². The molecule has 1 saturated heterocycles. The first-order chi connectivity index (χ1) is 13.5. The first-order valence-corrected chi connectivity index (χ1v) is 10.0. The second kappa shape index (κ2) is 12.7. The Hall–Kier alpha value is -1.84. The van der Waals surface area contributed by atoms with Gasteiger partial charge < -0.3 is 20.4 Å². The summed E-state index contributed by atoms with van der Waals surface area (Å²) in [6.45, 7) is 4.40. The number of likely N-dealkylation sites (tertiary alicyclic amines) is 1. The fraction of sp³-hybridized carbons (Fsp3) is 0.571. The minimum Gasteiger partial charge on any atom is -0.356 e. The highest BCUT2D eigenvalue weighted by atomic mass is 127. The number of hydrogen-bond acceptors (Lipinski definition) is 3. The summed E-state index contributed by atoms with van der Waals surface area (Å²) >= 11 is 0. The van der Waals surface area contributed by atoms with Gasteiger partial charge in [0.25, 0.3) is 5.91 Å². The van der Waals surface area contributed by atoms with Gasteiger partial charge in [0.1, 0.15) is 0 Å². The molecule has 1 aromatic carbocycles. The standard InChI is InChI=1S/C21H33N5O2.HI/c1-5-18(26-14-6-7-19(26)27)12-13-23-21(22-2)24-15-16-8-10-17(11-9-16)20(28)25(3)4;/h8-11,18H,5-7,12-15H2,1-4H3,(H2,22,23,24);1H. The Labute approximate surface area is 191 Å². The molecule has 1 aliphatic rings. The molecule has 2 N–H and O–H groups in total. The Kier molecular flexibility index (Phi) is 11.0. The number of nitrogens with zero attached hydrogens (tertiary/aromatic N) is 3. The lowest BCUT2D eigenvalue weighted by molar-refractivity contribution is -0.129. The zero-order valence-corrected chi connectivity index (χ0v) is 20.2. The van der Waals surface area contributed by atoms with Crippen molar-refractivity contribution in [3.8, 4) is 0 Å². The molecule has 1 unspecified atom stereocenters. The van der Waals surface area contributed by atoms with Crippen LogP contribution in [0.3, 0.4) is 0 Å². The van der Waals surface area contributed by atoms with Crippen LogP contribution in [0.4, 0.5) is 0 Å². The SMILES string of the molecule is CCC(CCNC(=NC)NCc1ccc(C(=O)N(C)C)cc1)N1CCCC1=O.I. The van der Waals surface area contributed by atoms with Gasteiger partial charge in [-0.15, -0.1) is 24.0 Å². The molecule has 7 nitrogen and oxygen atoms in total. The van der Waals surface area contributed by atoms with Gasteiger partial charge in [-0.25, -0.2) is 0 Å². The summed E-state index contributed by atoms with van der Waals surface area (Å²) in [6, 6.07) is 7.87. The molecule has 0 bridgehead atoms. The van der Waals surface area contributed by atoms with Crippen molar-refractivity contribution in [3.63, 3.8) is 0 Å². The molecule has 0 spiro atoms. The topological polar surface area (TPSA) is 77.0 Å². The monoisotopic (exact) mass is 515 g/mol. The molecule has 0 saturated carbocycles. The maximum absolute atomic E-state index is 11.9. The molecule has 0 radical (unpaired) electrons. The number of guanidine groups is 1. The second-order valence-corrected chi connectivity index (χ2v) is 7.29. The van der Waals surface area contributed by atoms with E-state index in [1.54, 1.807) is 26.0 Å². The van der Waals surface area contributed by atoms with E-state index in [1.807, 2.05) is 29.2 Å². The zero-order chi connectivity index (χ0) is 20.5. The molecule has 162 valence electrons. The first kappa shape index (κ1) is 25.2. The Morgan fingerprint density at radius 2 is 1.93 bits per heavy atom. The molecule has 2 amide bonds. The van der Waals surface area contributed by atoms with Crippen molar-refractivity contribution < 1.29 is 9.59 Å². The highest BCUT2D eigenvalue weighted by molar-refractivity contribution is 14.0. The molecule has 1 atom stereocenters. The van der Waals surface area contributed by atoms with E-state index < -0.39 is 0 Å². The van der Waals surface area contributed by atoms with Gasteiger partial charge in [-0.3, -0.25) is 14.6 Å². The predicted molar refractivity (Wildman–Crippen MR) is 128 cm³/mol. The van der Waals surface area contributed by atoms with Gasteiger partial charge in [0.15, 0.2) is 5.96 Å². The smallest absolute Gasteiger partial charge is 0.253 e. The average molecular weight is 515 g/mol. The molecule has 2 rings (SSSR count). The van der Waals surface area contributed by atoms with Gasteiger partial charge in [-0.1, -0.05) is 19.1 Å². The van der Waals surface area contributed by atoms with Crippen molar-refractivity contribution in [1.29, 1.82) is 0 Å².